The molecule has 2 N–H and O–H groups in total. The molecule has 1 saturated heterocycles. The van der Waals surface area contributed by atoms with E-state index in [0.717, 1.165) is 30.4 Å². The molecule has 1 aliphatic heterocycles. The maximum absolute atomic E-state index is 12.9. The van der Waals surface area contributed by atoms with Crippen molar-refractivity contribution in [3.8, 4) is 11.3 Å². The summed E-state index contributed by atoms with van der Waals surface area (Å²) in [7, 11) is 0. The van der Waals surface area contributed by atoms with E-state index >= 15 is 0 Å². The first kappa shape index (κ1) is 23.0. The molecule has 3 amide bonds. The van der Waals surface area contributed by atoms with Crippen LogP contribution in [0, 0.1) is 0 Å². The van der Waals surface area contributed by atoms with E-state index in [0.29, 0.717) is 35.4 Å². The number of benzene rings is 1. The molecule has 0 radical (unpaired) electrons. The van der Waals surface area contributed by atoms with Crippen molar-refractivity contribution in [3.05, 3.63) is 65.3 Å². The highest BCUT2D eigenvalue weighted by molar-refractivity contribution is 7.14. The molecule has 1 aromatic carbocycles. The molecule has 10 heteroatoms. The third-order valence-electron chi connectivity index (χ3n) is 5.99. The molecule has 1 unspecified atom stereocenters. The zero-order valence-electron chi connectivity index (χ0n) is 19.0. The quantitative estimate of drug-likeness (QED) is 0.519. The van der Waals surface area contributed by atoms with Crippen molar-refractivity contribution < 1.29 is 19.1 Å². The lowest BCUT2D eigenvalue weighted by Crippen LogP contribution is -2.43. The van der Waals surface area contributed by atoms with Gasteiger partial charge in [0, 0.05) is 41.5 Å². The maximum atomic E-state index is 12.9. The summed E-state index contributed by atoms with van der Waals surface area (Å²) in [6, 6.07) is 10.5. The second-order valence-electron chi connectivity index (χ2n) is 8.61. The summed E-state index contributed by atoms with van der Waals surface area (Å²) in [4.78, 5) is 47.6. The number of nitrogens with zero attached hydrogens (tertiary/aromatic N) is 3. The molecule has 5 rings (SSSR count). The smallest absolute Gasteiger partial charge is 0.410 e. The van der Waals surface area contributed by atoms with Crippen molar-refractivity contribution in [2.24, 2.45) is 0 Å². The van der Waals surface area contributed by atoms with Gasteiger partial charge in [0.15, 0.2) is 5.13 Å². The van der Waals surface area contributed by atoms with Gasteiger partial charge in [-0.25, -0.2) is 9.78 Å². The Bertz CT molecular complexity index is 1210. The van der Waals surface area contributed by atoms with Crippen LogP contribution in [-0.2, 0) is 16.1 Å². The van der Waals surface area contributed by atoms with Crippen LogP contribution in [0.25, 0.3) is 11.3 Å². The molecule has 3 aromatic rings. The van der Waals surface area contributed by atoms with Crippen LogP contribution in [0.5, 0.6) is 0 Å². The summed E-state index contributed by atoms with van der Waals surface area (Å²) in [6.07, 6.45) is 6.15. The van der Waals surface area contributed by atoms with Crippen molar-refractivity contribution in [1.29, 1.82) is 0 Å². The van der Waals surface area contributed by atoms with E-state index in [9.17, 15) is 14.4 Å². The minimum atomic E-state index is -0.600. The van der Waals surface area contributed by atoms with Gasteiger partial charge in [0.1, 0.15) is 12.6 Å². The Morgan fingerprint density at radius 1 is 1.06 bits per heavy atom. The predicted octanol–water partition coefficient (Wildman–Crippen LogP) is 3.84. The lowest BCUT2D eigenvalue weighted by atomic mass is 10.1. The van der Waals surface area contributed by atoms with E-state index in [2.05, 4.69) is 20.6 Å². The fourth-order valence-electron chi connectivity index (χ4n) is 3.91. The van der Waals surface area contributed by atoms with Crippen molar-refractivity contribution in [2.75, 3.05) is 11.9 Å². The van der Waals surface area contributed by atoms with Gasteiger partial charge in [-0.3, -0.25) is 19.5 Å². The number of pyridine rings is 1. The van der Waals surface area contributed by atoms with Crippen LogP contribution in [0.3, 0.4) is 0 Å². The molecular formula is C25H25N5O4S. The monoisotopic (exact) mass is 491 g/mol. The molecule has 0 bridgehead atoms. The van der Waals surface area contributed by atoms with Crippen LogP contribution in [0.15, 0.2) is 54.2 Å². The first-order valence-corrected chi connectivity index (χ1v) is 12.4. The molecule has 180 valence electrons. The number of carbonyl (C=O) groups is 3. The molecule has 1 aliphatic carbocycles. The summed E-state index contributed by atoms with van der Waals surface area (Å²) in [5.41, 5.74) is 3.01. The number of thiazole rings is 1. The number of nitrogens with one attached hydrogen (secondary N) is 2. The number of hydrogen-bond donors (Lipinski definition) is 2. The molecule has 3 heterocycles. The number of amides is 3. The Morgan fingerprint density at radius 2 is 1.83 bits per heavy atom. The minimum absolute atomic E-state index is 0.0642. The Hall–Kier alpha value is -3.79. The molecule has 1 saturated carbocycles. The van der Waals surface area contributed by atoms with E-state index in [1.807, 2.05) is 17.5 Å². The molecule has 9 nitrogen and oxygen atoms in total. The molecule has 0 spiro atoms. The van der Waals surface area contributed by atoms with Gasteiger partial charge in [0.05, 0.1) is 5.69 Å². The summed E-state index contributed by atoms with van der Waals surface area (Å²) in [5, 5.41) is 8.12. The van der Waals surface area contributed by atoms with Gasteiger partial charge in [-0.15, -0.1) is 11.3 Å². The average molecular weight is 492 g/mol. The van der Waals surface area contributed by atoms with E-state index < -0.39 is 12.1 Å². The first-order valence-electron chi connectivity index (χ1n) is 11.6. The fraction of sp³-hybridized carbons (Fsp3) is 0.320. The van der Waals surface area contributed by atoms with Crippen molar-refractivity contribution in [3.63, 3.8) is 0 Å². The van der Waals surface area contributed by atoms with Gasteiger partial charge in [-0.1, -0.05) is 12.1 Å². The average Bonchev–Trinajstić information content (AvgIpc) is 3.35. The normalized spacial score (nSPS) is 17.1. The van der Waals surface area contributed by atoms with Crippen molar-refractivity contribution in [2.45, 2.75) is 44.4 Å². The van der Waals surface area contributed by atoms with E-state index in [-0.39, 0.29) is 18.4 Å². The van der Waals surface area contributed by atoms with Gasteiger partial charge >= 0.3 is 6.09 Å². The number of rotatable bonds is 7. The maximum Gasteiger partial charge on any atom is 0.410 e. The zero-order valence-corrected chi connectivity index (χ0v) is 19.8. The second-order valence-corrected chi connectivity index (χ2v) is 9.47. The number of anilines is 1. The number of carbonyl (C=O) groups excluding carboxylic acids is 3. The van der Waals surface area contributed by atoms with E-state index in [1.54, 1.807) is 36.7 Å². The topological polar surface area (TPSA) is 114 Å². The third kappa shape index (κ3) is 5.65. The van der Waals surface area contributed by atoms with Crippen LogP contribution >= 0.6 is 11.3 Å². The second kappa shape index (κ2) is 10.2. The van der Waals surface area contributed by atoms with Gasteiger partial charge in [0.25, 0.3) is 5.91 Å². The standard InChI is InChI=1S/C25H25N5O4S/c31-22(27-19-7-8-19)18-5-3-17(4-6-18)20-15-35-24(28-20)29-23(32)21-2-1-13-30(21)25(33)34-14-16-9-11-26-12-10-16/h3-6,9-12,15,19,21H,1-2,7-8,13-14H2,(H,27,31)(H,28,29,32). The Balaban J connectivity index is 1.17. The van der Waals surface area contributed by atoms with Crippen LogP contribution in [-0.4, -0.2) is 51.4 Å². The summed E-state index contributed by atoms with van der Waals surface area (Å²) < 4.78 is 5.39. The van der Waals surface area contributed by atoms with Crippen molar-refractivity contribution in [1.82, 2.24) is 20.2 Å². The van der Waals surface area contributed by atoms with Crippen molar-refractivity contribution >= 4 is 34.4 Å². The van der Waals surface area contributed by atoms with Crippen LogP contribution in [0.4, 0.5) is 9.93 Å². The first-order chi connectivity index (χ1) is 17.1. The molecule has 1 atom stereocenters. The molecule has 2 aliphatic rings. The van der Waals surface area contributed by atoms with Crippen LogP contribution in [0.1, 0.15) is 41.6 Å². The number of ether oxygens (including phenoxy) is 1. The van der Waals surface area contributed by atoms with Gasteiger partial charge in [0.2, 0.25) is 5.91 Å². The minimum Gasteiger partial charge on any atom is -0.445 e. The van der Waals surface area contributed by atoms with Crippen LogP contribution in [0.2, 0.25) is 0 Å². The Kier molecular flexibility index (Phi) is 6.71. The van der Waals surface area contributed by atoms with Gasteiger partial charge in [-0.2, -0.15) is 0 Å². The fourth-order valence-corrected chi connectivity index (χ4v) is 4.63. The highest BCUT2D eigenvalue weighted by Crippen LogP contribution is 2.27. The third-order valence-corrected chi connectivity index (χ3v) is 6.75. The Labute approximate surface area is 206 Å². The summed E-state index contributed by atoms with van der Waals surface area (Å²) >= 11 is 1.31. The summed E-state index contributed by atoms with van der Waals surface area (Å²) in [5.74, 6) is -0.345. The van der Waals surface area contributed by atoms with E-state index in [4.69, 9.17) is 4.74 Å². The largest absolute Gasteiger partial charge is 0.445 e. The highest BCUT2D eigenvalue weighted by Gasteiger charge is 2.35. The lowest BCUT2D eigenvalue weighted by Gasteiger charge is -2.22. The number of aromatic nitrogens is 2. The molecular weight excluding hydrogens is 466 g/mol. The summed E-state index contributed by atoms with van der Waals surface area (Å²) in [6.45, 7) is 0.597. The molecule has 2 aromatic heterocycles. The van der Waals surface area contributed by atoms with Gasteiger partial charge < -0.3 is 15.4 Å². The van der Waals surface area contributed by atoms with E-state index in [1.165, 1.54) is 16.2 Å². The predicted molar refractivity (Wildman–Crippen MR) is 131 cm³/mol. The van der Waals surface area contributed by atoms with Crippen LogP contribution < -0.4 is 10.6 Å². The van der Waals surface area contributed by atoms with Gasteiger partial charge in [-0.05, 0) is 55.5 Å². The number of hydrogen-bond acceptors (Lipinski definition) is 7. The Morgan fingerprint density at radius 3 is 2.57 bits per heavy atom. The molecule has 35 heavy (non-hydrogen) atoms. The molecule has 2 fully saturated rings. The zero-order chi connectivity index (χ0) is 24.2. The number of likely N-dealkylation sites (tertiary alicyclic amines) is 1. The lowest BCUT2D eigenvalue weighted by molar-refractivity contribution is -0.120. The SMILES string of the molecule is O=C(NC1CC1)c1ccc(-c2csc(NC(=O)C3CCCN3C(=O)OCc3ccncc3)n2)cc1. The highest BCUT2D eigenvalue weighted by atomic mass is 32.1.